The molecule has 0 amide bonds. The Kier molecular flexibility index (Phi) is 16.6. The number of hydrogen-bond donors (Lipinski definition) is 0. The predicted molar refractivity (Wildman–Crippen MR) is 385 cm³/mol. The van der Waals surface area contributed by atoms with Crippen molar-refractivity contribution in [1.29, 1.82) is 0 Å². The first kappa shape index (κ1) is 65.1. The average molecular weight is 1270 g/mol. The molecule has 13 heteroatoms. The van der Waals surface area contributed by atoms with Gasteiger partial charge in [0.1, 0.15) is 22.1 Å². The van der Waals surface area contributed by atoms with E-state index in [1.54, 1.807) is 0 Å². The van der Waals surface area contributed by atoms with E-state index in [0.717, 1.165) is 66.8 Å². The molecule has 7 aromatic rings. The summed E-state index contributed by atoms with van der Waals surface area (Å²) in [6.07, 6.45) is 0. The van der Waals surface area contributed by atoms with Crippen molar-refractivity contribution in [3.63, 3.8) is 0 Å². The molecule has 5 aliphatic rings. The molecule has 0 N–H and O–H groups in total. The summed E-state index contributed by atoms with van der Waals surface area (Å²) in [7, 11) is 0. The Morgan fingerprint density at radius 1 is 0.226 bits per heavy atom. The number of aliphatic imine (C=N–C) groups is 8. The van der Waals surface area contributed by atoms with Crippen molar-refractivity contribution < 1.29 is 16.5 Å². The Hall–Kier alpha value is -9.37. The number of nitrogens with zero attached hydrogens (tertiary/aromatic N) is 12. The van der Waals surface area contributed by atoms with Crippen LogP contribution in [0.5, 0.6) is 0 Å². The molecule has 0 saturated carbocycles. The zero-order valence-corrected chi connectivity index (χ0v) is 57.5. The van der Waals surface area contributed by atoms with Crippen LogP contribution in [0.3, 0.4) is 0 Å². The monoisotopic (exact) mass is 1260 g/mol. The van der Waals surface area contributed by atoms with Gasteiger partial charge in [-0.15, -0.1) is 0 Å². The summed E-state index contributed by atoms with van der Waals surface area (Å²) in [6.45, 7) is 39.7. The Morgan fingerprint density at radius 3 is 0.516 bits per heavy atom. The maximum absolute atomic E-state index is 10.6. The van der Waals surface area contributed by atoms with E-state index in [4.69, 9.17) is 49.9 Å². The van der Waals surface area contributed by atoms with Gasteiger partial charge >= 0.3 is 16.5 Å². The van der Waals surface area contributed by atoms with Gasteiger partial charge in [-0.1, -0.05) is 270 Å². The predicted octanol–water partition coefficient (Wildman–Crippen LogP) is 15.9. The molecule has 12 rings (SSSR count). The summed E-state index contributed by atoms with van der Waals surface area (Å²) in [4.78, 5) is 54.0. The minimum Gasteiger partial charge on any atom is -0.761 e. The van der Waals surface area contributed by atoms with E-state index in [1.807, 2.05) is 0 Å². The molecule has 93 heavy (non-hydrogen) atoms. The minimum absolute atomic E-state index is 0. The first-order valence-corrected chi connectivity index (χ1v) is 31.6. The summed E-state index contributed by atoms with van der Waals surface area (Å²) in [5, 5.41) is 20.8. The third-order valence-corrected chi connectivity index (χ3v) is 17.6. The van der Waals surface area contributed by atoms with Crippen molar-refractivity contribution in [3.8, 4) is 0 Å². The number of hydrogen-bond acceptors (Lipinski definition) is 10. The normalized spacial score (nSPS) is 15.9. The minimum atomic E-state index is -0.178. The molecule has 0 saturated heterocycles. The second kappa shape index (κ2) is 23.6. The fourth-order valence-electron chi connectivity index (χ4n) is 11.9. The van der Waals surface area contributed by atoms with E-state index in [9.17, 15) is 10.8 Å². The quantitative estimate of drug-likeness (QED) is 0.119. The van der Waals surface area contributed by atoms with Crippen LogP contribution < -0.4 is 10.7 Å². The zero-order valence-electron chi connectivity index (χ0n) is 56.5. The van der Waals surface area contributed by atoms with E-state index in [-0.39, 0.29) is 94.4 Å². The van der Waals surface area contributed by atoms with Gasteiger partial charge in [0.2, 0.25) is 0 Å². The first-order valence-electron chi connectivity index (χ1n) is 31.6. The van der Waals surface area contributed by atoms with Crippen molar-refractivity contribution in [2.45, 2.75) is 157 Å². The van der Waals surface area contributed by atoms with E-state index < -0.39 is 0 Å². The van der Waals surface area contributed by atoms with Gasteiger partial charge in [0.15, 0.2) is 46.7 Å². The maximum atomic E-state index is 10.6. The molecule has 0 spiro atoms. The van der Waals surface area contributed by atoms with Gasteiger partial charge < -0.3 is 10.8 Å². The number of rotatable bonds is 6. The third-order valence-electron chi connectivity index (χ3n) is 17.6. The van der Waals surface area contributed by atoms with Crippen LogP contribution >= 0.6 is 0 Å². The molecule has 0 atom stereocenters. The molecule has 468 valence electrons. The van der Waals surface area contributed by atoms with Crippen LogP contribution in [0.15, 0.2) is 186 Å². The number of amidine groups is 8. The Labute approximate surface area is 557 Å². The molecule has 5 aliphatic heterocycles. The molecular formula is C80H78N12Ni. The smallest absolute Gasteiger partial charge is 0.761 e. The van der Waals surface area contributed by atoms with Crippen LogP contribution in [0, 0.1) is 0 Å². The van der Waals surface area contributed by atoms with Crippen LogP contribution in [0.25, 0.3) is 44.3 Å². The Bertz CT molecular complexity index is 4800. The topological polar surface area (TPSA) is 169 Å². The van der Waals surface area contributed by atoms with Crippen LogP contribution in [0.4, 0.5) is 0 Å². The fourth-order valence-corrected chi connectivity index (χ4v) is 11.9. The second-order valence-electron chi connectivity index (χ2n) is 30.5. The first-order chi connectivity index (χ1) is 43.3. The molecule has 1 aromatic heterocycles. The summed E-state index contributed by atoms with van der Waals surface area (Å²) in [5.74, 6) is 6.44. The summed E-state index contributed by atoms with van der Waals surface area (Å²) >= 11 is 0. The molecular weight excluding hydrogens is 1190 g/mol. The van der Waals surface area contributed by atoms with Crippen molar-refractivity contribution in [2.24, 2.45) is 39.9 Å². The number of fused-ring (bicyclic) bond motifs is 7. The van der Waals surface area contributed by atoms with Crippen molar-refractivity contribution in [1.82, 2.24) is 9.97 Å². The Morgan fingerprint density at radius 2 is 0.366 bits per heavy atom. The number of aromatic nitrogens is 2. The van der Waals surface area contributed by atoms with Crippen LogP contribution in [0.1, 0.15) is 203 Å². The fraction of sp³-hybridized carbons (Fsp3) is 0.300. The van der Waals surface area contributed by atoms with Gasteiger partial charge in [0.05, 0.1) is 0 Å². The molecule has 6 heterocycles. The van der Waals surface area contributed by atoms with Gasteiger partial charge in [-0.3, -0.25) is 0 Å². The SMILES string of the molecule is CC(C)(C)c1ccc(C2=C(c3ccc(C(C)(C)C)cc3)C3=NC4=NC(=NC5=NC(=NC6=NC(=NC2=N3)C(c2ccc(C(C)(C)C)cc2)=C6c2ccc(C(C)(C)C)cc2)c2nc(=C=[N-])c(=C=[N-])nc25)C(c2ccc(C(C)(C)C)cc2)=C4c2ccc(C(C)(C)C)cc2)cc1.[Ni+2]. The van der Waals surface area contributed by atoms with E-state index in [0.29, 0.717) is 45.6 Å². The van der Waals surface area contributed by atoms with E-state index in [1.165, 1.54) is 11.1 Å². The van der Waals surface area contributed by atoms with Crippen molar-refractivity contribution >= 4 is 91.9 Å². The maximum Gasteiger partial charge on any atom is 2.00 e. The van der Waals surface area contributed by atoms with Crippen molar-refractivity contribution in [3.05, 3.63) is 245 Å². The largest absolute Gasteiger partial charge is 2.00 e. The molecule has 6 aromatic carbocycles. The molecule has 0 aliphatic carbocycles. The number of benzene rings is 6. The van der Waals surface area contributed by atoms with Gasteiger partial charge in [0.25, 0.3) is 0 Å². The third kappa shape index (κ3) is 12.6. The molecule has 0 fully saturated rings. The van der Waals surface area contributed by atoms with Gasteiger partial charge in [-0.25, -0.2) is 61.6 Å². The van der Waals surface area contributed by atoms with Crippen LogP contribution in [-0.2, 0) is 49.0 Å². The van der Waals surface area contributed by atoms with Gasteiger partial charge in [-0.2, -0.15) is 0 Å². The van der Waals surface area contributed by atoms with Crippen LogP contribution in [-0.4, -0.2) is 68.4 Å². The second-order valence-corrected chi connectivity index (χ2v) is 30.5. The van der Waals surface area contributed by atoms with E-state index in [2.05, 4.69) is 282 Å². The summed E-state index contributed by atoms with van der Waals surface area (Å²) in [6, 6.07) is 51.7. The molecule has 0 radical (unpaired) electrons. The van der Waals surface area contributed by atoms with Gasteiger partial charge in [0, 0.05) is 33.4 Å². The van der Waals surface area contributed by atoms with E-state index >= 15 is 0 Å². The molecule has 8 bridgehead atoms. The Balaban J connectivity index is 0.00000884. The summed E-state index contributed by atoms with van der Waals surface area (Å²) in [5.41, 5.74) is 15.9. The van der Waals surface area contributed by atoms with Crippen molar-refractivity contribution in [2.75, 3.05) is 0 Å². The zero-order chi connectivity index (χ0) is 65.8. The van der Waals surface area contributed by atoms with Crippen LogP contribution in [0.2, 0.25) is 0 Å². The summed E-state index contributed by atoms with van der Waals surface area (Å²) < 4.78 is 0. The van der Waals surface area contributed by atoms with Gasteiger partial charge in [-0.05, 0) is 99.3 Å². The standard InChI is InChI=1S/C80H78N12.Ni/c1-75(2,3)51-31-19-45(20-32-51)59-60(46-21-33-52(34-22-46)76(4,5)6)68-85-67(59)86-69-61(47-23-35-53(36-24-47)77(7,8)9)63(49-27-39-55(40-28-49)79(13,14)15)71(88-69)90-73-65-66(84-58(44-82)57(43-81)83-65)74(92-73)91-72-64(50-29-41-56(42-30-50)80(16,17)18)62(70(87-68)89-72)48-25-37-54(38-26-48)78(10,11)12;/h19-42H,1-18H3;/q-2;+2. The molecule has 12 nitrogen and oxygen atoms in total. The average Bonchev–Trinajstić information content (AvgIpc) is 1.60. The molecule has 0 unspecified atom stereocenters.